The Kier molecular flexibility index (Phi) is 10.5. The number of nitriles is 1. The molecule has 10 heteroatoms. The number of fused-ring (bicyclic) bond motifs is 2. The first-order valence-electron chi connectivity index (χ1n) is 13.0. The molecule has 1 aliphatic carbocycles. The van der Waals surface area contributed by atoms with Gasteiger partial charge in [0.2, 0.25) is 12.3 Å². The lowest BCUT2D eigenvalue weighted by atomic mass is 10.0. The van der Waals surface area contributed by atoms with Gasteiger partial charge >= 0.3 is 6.18 Å². The van der Waals surface area contributed by atoms with E-state index in [-0.39, 0.29) is 36.1 Å². The number of likely N-dealkylation sites (tertiary alicyclic amines) is 2. The first-order chi connectivity index (χ1) is 17.4. The molecule has 2 bridgehead atoms. The molecule has 3 aliphatic rings. The standard InChI is InChI=1S/C17H22F3N3O.C8H12N2O.C2H6/c1-10(21)8-22-9-14-7-15(22)16(24)23(14)11(2)12-4-3-5-13(6-12)17(18,19)20;1-6-3-8(6)10(5-11)7(2)4-9;1-2/h3-6,10-11,14-15H,7-9,21H2,1-2H3;5-8H,3H2,1-2H3;1-2H3/t10-,11?,14?,15?;6-,7?,8+;/m11./s1. The van der Waals surface area contributed by atoms with Gasteiger partial charge in [-0.25, -0.2) is 0 Å². The van der Waals surface area contributed by atoms with Crippen LogP contribution in [0.4, 0.5) is 13.2 Å². The van der Waals surface area contributed by atoms with Crippen LogP contribution in [0.2, 0.25) is 0 Å². The summed E-state index contributed by atoms with van der Waals surface area (Å²) in [6.45, 7) is 12.9. The van der Waals surface area contributed by atoms with Crippen LogP contribution in [0, 0.1) is 17.2 Å². The highest BCUT2D eigenvalue weighted by atomic mass is 19.4. The van der Waals surface area contributed by atoms with Gasteiger partial charge in [0.1, 0.15) is 6.04 Å². The van der Waals surface area contributed by atoms with Gasteiger partial charge in [0.15, 0.2) is 0 Å². The number of rotatable bonds is 7. The number of carbonyl (C=O) groups excluding carboxylic acids is 2. The minimum atomic E-state index is -4.38. The van der Waals surface area contributed by atoms with Gasteiger partial charge in [0.05, 0.1) is 23.7 Å². The van der Waals surface area contributed by atoms with Crippen LogP contribution in [0.25, 0.3) is 0 Å². The third-order valence-electron chi connectivity index (χ3n) is 7.16. The largest absolute Gasteiger partial charge is 0.416 e. The van der Waals surface area contributed by atoms with Gasteiger partial charge in [-0.3, -0.25) is 14.5 Å². The Bertz CT molecular complexity index is 964. The van der Waals surface area contributed by atoms with Crippen LogP contribution in [0.3, 0.4) is 0 Å². The zero-order chi connectivity index (χ0) is 28.1. The number of halogens is 3. The van der Waals surface area contributed by atoms with Crippen molar-refractivity contribution in [2.75, 3.05) is 13.1 Å². The molecule has 2 aliphatic heterocycles. The minimum Gasteiger partial charge on any atom is -0.330 e. The molecular formula is C27H40F3N5O2. The molecule has 1 aromatic rings. The van der Waals surface area contributed by atoms with E-state index in [0.717, 1.165) is 37.9 Å². The lowest BCUT2D eigenvalue weighted by molar-refractivity contribution is -0.139. The summed E-state index contributed by atoms with van der Waals surface area (Å²) < 4.78 is 38.7. The number of alkyl halides is 3. The summed E-state index contributed by atoms with van der Waals surface area (Å²) in [6.07, 6.45) is -1.82. The van der Waals surface area contributed by atoms with Crippen molar-refractivity contribution in [3.63, 3.8) is 0 Å². The Balaban J connectivity index is 0.000000311. The molecule has 206 valence electrons. The number of benzene rings is 1. The van der Waals surface area contributed by atoms with E-state index in [1.807, 2.05) is 20.8 Å². The van der Waals surface area contributed by atoms with Crippen molar-refractivity contribution in [1.29, 1.82) is 5.26 Å². The van der Waals surface area contributed by atoms with Crippen molar-refractivity contribution in [2.45, 2.75) is 96.8 Å². The molecule has 1 saturated carbocycles. The van der Waals surface area contributed by atoms with Crippen molar-refractivity contribution in [3.05, 3.63) is 35.4 Å². The maximum Gasteiger partial charge on any atom is 0.416 e. The Labute approximate surface area is 218 Å². The average Bonchev–Trinajstić information content (AvgIpc) is 3.29. The summed E-state index contributed by atoms with van der Waals surface area (Å²) >= 11 is 0. The average molecular weight is 524 g/mol. The molecule has 0 radical (unpaired) electrons. The first kappa shape index (κ1) is 30.6. The molecule has 4 rings (SSSR count). The summed E-state index contributed by atoms with van der Waals surface area (Å²) in [5.74, 6) is 0.577. The fourth-order valence-electron chi connectivity index (χ4n) is 5.15. The predicted octanol–water partition coefficient (Wildman–Crippen LogP) is 4.19. The highest BCUT2D eigenvalue weighted by Gasteiger charge is 2.51. The molecule has 7 atom stereocenters. The molecule has 4 unspecified atom stereocenters. The lowest BCUT2D eigenvalue weighted by Gasteiger charge is -2.38. The quantitative estimate of drug-likeness (QED) is 0.541. The summed E-state index contributed by atoms with van der Waals surface area (Å²) in [5, 5.41) is 8.55. The second kappa shape index (κ2) is 12.7. The van der Waals surface area contributed by atoms with Crippen molar-refractivity contribution in [1.82, 2.24) is 14.7 Å². The number of hydrogen-bond donors (Lipinski definition) is 1. The molecule has 2 amide bonds. The highest BCUT2D eigenvalue weighted by molar-refractivity contribution is 5.86. The minimum absolute atomic E-state index is 0.00295. The topological polar surface area (TPSA) is 93.7 Å². The maximum atomic E-state index is 12.9. The monoisotopic (exact) mass is 523 g/mol. The van der Waals surface area contributed by atoms with Crippen LogP contribution < -0.4 is 5.73 Å². The Morgan fingerprint density at radius 1 is 1.24 bits per heavy atom. The summed E-state index contributed by atoms with van der Waals surface area (Å²) in [6, 6.07) is 6.83. The molecule has 2 heterocycles. The molecule has 2 N–H and O–H groups in total. The molecule has 1 aromatic carbocycles. The number of hydrogen-bond acceptors (Lipinski definition) is 5. The van der Waals surface area contributed by atoms with Crippen LogP contribution in [0.15, 0.2) is 24.3 Å². The second-order valence-electron chi connectivity index (χ2n) is 10.0. The van der Waals surface area contributed by atoms with Gasteiger partial charge in [-0.2, -0.15) is 18.4 Å². The number of piperazine rings is 1. The van der Waals surface area contributed by atoms with Gasteiger partial charge < -0.3 is 15.5 Å². The number of amides is 2. The Morgan fingerprint density at radius 3 is 2.32 bits per heavy atom. The summed E-state index contributed by atoms with van der Waals surface area (Å²) in [4.78, 5) is 28.6. The fourth-order valence-corrected chi connectivity index (χ4v) is 5.15. The van der Waals surface area contributed by atoms with Crippen molar-refractivity contribution in [3.8, 4) is 6.07 Å². The first-order valence-corrected chi connectivity index (χ1v) is 13.0. The van der Waals surface area contributed by atoms with E-state index in [4.69, 9.17) is 11.0 Å². The third-order valence-corrected chi connectivity index (χ3v) is 7.16. The summed E-state index contributed by atoms with van der Waals surface area (Å²) in [5.41, 5.74) is 5.66. The van der Waals surface area contributed by atoms with E-state index in [1.165, 1.54) is 6.07 Å². The fraction of sp³-hybridized carbons (Fsp3) is 0.667. The zero-order valence-corrected chi connectivity index (χ0v) is 22.6. The van der Waals surface area contributed by atoms with Crippen molar-refractivity contribution in [2.24, 2.45) is 11.7 Å². The van der Waals surface area contributed by atoms with Crippen LogP contribution in [-0.2, 0) is 15.8 Å². The van der Waals surface area contributed by atoms with Crippen LogP contribution in [0.1, 0.15) is 71.6 Å². The maximum absolute atomic E-state index is 12.9. The van der Waals surface area contributed by atoms with Crippen molar-refractivity contribution >= 4 is 12.3 Å². The normalized spacial score (nSPS) is 26.6. The molecular weight excluding hydrogens is 483 g/mol. The van der Waals surface area contributed by atoms with Gasteiger partial charge in [0.25, 0.3) is 0 Å². The van der Waals surface area contributed by atoms with E-state index in [0.29, 0.717) is 24.1 Å². The van der Waals surface area contributed by atoms with Crippen LogP contribution in [-0.4, -0.2) is 70.3 Å². The molecule has 0 aromatic heterocycles. The number of nitrogens with two attached hydrogens (primary N) is 1. The van der Waals surface area contributed by atoms with Crippen LogP contribution >= 0.6 is 0 Å². The van der Waals surface area contributed by atoms with E-state index in [2.05, 4.69) is 17.9 Å². The summed E-state index contributed by atoms with van der Waals surface area (Å²) in [7, 11) is 0. The SMILES string of the molecule is CC.CC(C#N)N(C=O)[C@H]1C[C@H]1C.CC(c1cccc(C(F)(F)F)c1)N1C(=O)C2CC1CN2C[C@@H](C)N. The molecule has 7 nitrogen and oxygen atoms in total. The molecule has 3 fully saturated rings. The zero-order valence-electron chi connectivity index (χ0n) is 22.6. The van der Waals surface area contributed by atoms with E-state index >= 15 is 0 Å². The Morgan fingerprint density at radius 2 is 1.86 bits per heavy atom. The highest BCUT2D eigenvalue weighted by Crippen LogP contribution is 2.39. The Hall–Kier alpha value is -2.64. The molecule has 2 saturated heterocycles. The van der Waals surface area contributed by atoms with Gasteiger partial charge in [-0.15, -0.1) is 0 Å². The number of carbonyl (C=O) groups is 2. The van der Waals surface area contributed by atoms with Crippen molar-refractivity contribution < 1.29 is 22.8 Å². The molecule has 37 heavy (non-hydrogen) atoms. The van der Waals surface area contributed by atoms with E-state index in [9.17, 15) is 22.8 Å². The lowest BCUT2D eigenvalue weighted by Crippen LogP contribution is -2.53. The predicted molar refractivity (Wildman–Crippen MR) is 136 cm³/mol. The third kappa shape index (κ3) is 7.23. The van der Waals surface area contributed by atoms with Gasteiger partial charge in [-0.05, 0) is 57.2 Å². The van der Waals surface area contributed by atoms with E-state index < -0.39 is 11.7 Å². The number of nitrogens with zero attached hydrogens (tertiary/aromatic N) is 4. The molecule has 0 spiro atoms. The van der Waals surface area contributed by atoms with Gasteiger partial charge in [0, 0.05) is 31.2 Å². The second-order valence-corrected chi connectivity index (χ2v) is 10.0. The van der Waals surface area contributed by atoms with Crippen LogP contribution in [0.5, 0.6) is 0 Å². The smallest absolute Gasteiger partial charge is 0.330 e. The van der Waals surface area contributed by atoms with E-state index in [1.54, 1.807) is 29.7 Å². The van der Waals surface area contributed by atoms with Gasteiger partial charge in [-0.1, -0.05) is 32.9 Å².